The summed E-state index contributed by atoms with van der Waals surface area (Å²) in [6.07, 6.45) is 0. The van der Waals surface area contributed by atoms with Gasteiger partial charge in [-0.3, -0.25) is 13.7 Å². The summed E-state index contributed by atoms with van der Waals surface area (Å²) in [5.74, 6) is 0. The van der Waals surface area contributed by atoms with Gasteiger partial charge in [-0.25, -0.2) is 0 Å². The Morgan fingerprint density at radius 3 is 1.61 bits per heavy atom. The third-order valence-electron chi connectivity index (χ3n) is 2.73. The fourth-order valence-corrected chi connectivity index (χ4v) is 3.68. The van der Waals surface area contributed by atoms with Gasteiger partial charge in [-0.05, 0) is 29.7 Å². The maximum atomic E-state index is 11.3. The zero-order valence-electron chi connectivity index (χ0n) is 12.4. The Hall–Kier alpha value is -0.973. The molecule has 2 aromatic rings. The van der Waals surface area contributed by atoms with Crippen molar-refractivity contribution >= 4 is 41.1 Å². The van der Waals surface area contributed by atoms with Gasteiger partial charge in [0.2, 0.25) is 0 Å². The van der Waals surface area contributed by atoms with Crippen LogP contribution in [0, 0.1) is 0 Å². The summed E-state index contributed by atoms with van der Waals surface area (Å²) in [6.45, 7) is 0. The van der Waals surface area contributed by atoms with Crippen molar-refractivity contribution in [3.05, 3.63) is 30.3 Å². The second-order valence-corrected chi connectivity index (χ2v) is 8.46. The maximum Gasteiger partial charge on any atom is 1.00 e. The summed E-state index contributed by atoms with van der Waals surface area (Å²) >= 11 is 0. The molecule has 13 heteroatoms. The fourth-order valence-electron chi connectivity index (χ4n) is 1.81. The van der Waals surface area contributed by atoms with Crippen LogP contribution in [0.25, 0.3) is 10.8 Å². The second-order valence-electron chi connectivity index (χ2n) is 4.23. The summed E-state index contributed by atoms with van der Waals surface area (Å²) < 4.78 is 94.1. The van der Waals surface area contributed by atoms with Crippen molar-refractivity contribution in [1.82, 2.24) is 0 Å². The number of hydrogen-bond donors (Lipinski definition) is 3. The molecule has 0 radical (unpaired) electrons. The quantitative estimate of drug-likeness (QED) is 0.395. The predicted octanol–water partition coefficient (Wildman–Crippen LogP) is -2.30. The van der Waals surface area contributed by atoms with Crippen molar-refractivity contribution in [1.29, 1.82) is 0 Å². The molecule has 0 unspecified atom stereocenters. The second kappa shape index (κ2) is 6.15. The normalized spacial score (nSPS) is 12.8. The zero-order chi connectivity index (χ0) is 16.9. The standard InChI is InChI=1S/C10H8O9S3.Li.H/c11-20(12,13)7-1-2-9-6(3-7)4-8(21(14,15)16)5-10(9)22(17,18)19;;/h1-5H,(H,11,12,13)(H,14,15,16)(H,17,18,19);;/q;+1;-1. The van der Waals surface area contributed by atoms with Gasteiger partial charge in [0.15, 0.2) is 0 Å². The minimum Gasteiger partial charge on any atom is -1.00 e. The van der Waals surface area contributed by atoms with Crippen molar-refractivity contribution in [3.63, 3.8) is 0 Å². The minimum absolute atomic E-state index is 0. The molecule has 0 heterocycles. The van der Waals surface area contributed by atoms with Gasteiger partial charge in [0.1, 0.15) is 4.90 Å². The van der Waals surface area contributed by atoms with Crippen molar-refractivity contribution in [2.24, 2.45) is 0 Å². The van der Waals surface area contributed by atoms with Crippen LogP contribution in [0.15, 0.2) is 45.0 Å². The van der Waals surface area contributed by atoms with E-state index in [0.29, 0.717) is 6.07 Å². The van der Waals surface area contributed by atoms with E-state index in [9.17, 15) is 25.3 Å². The molecule has 0 spiro atoms. The summed E-state index contributed by atoms with van der Waals surface area (Å²) in [7, 11) is -14.3. The van der Waals surface area contributed by atoms with E-state index in [0.717, 1.165) is 24.3 Å². The van der Waals surface area contributed by atoms with E-state index in [4.69, 9.17) is 13.7 Å². The molecule has 3 N–H and O–H groups in total. The first-order valence-corrected chi connectivity index (χ1v) is 9.62. The van der Waals surface area contributed by atoms with Gasteiger partial charge in [-0.1, -0.05) is 6.07 Å². The Morgan fingerprint density at radius 2 is 1.17 bits per heavy atom. The zero-order valence-corrected chi connectivity index (χ0v) is 13.9. The Bertz CT molecular complexity index is 1090. The molecule has 0 amide bonds. The van der Waals surface area contributed by atoms with Crippen molar-refractivity contribution in [3.8, 4) is 0 Å². The van der Waals surface area contributed by atoms with Gasteiger partial charge >= 0.3 is 18.9 Å². The summed E-state index contributed by atoms with van der Waals surface area (Å²) in [6, 6.07) is 3.97. The molecule has 2 aromatic carbocycles. The van der Waals surface area contributed by atoms with Crippen LogP contribution < -0.4 is 18.9 Å². The van der Waals surface area contributed by atoms with Crippen LogP contribution in [-0.2, 0) is 30.4 Å². The van der Waals surface area contributed by atoms with Crippen LogP contribution in [0.5, 0.6) is 0 Å². The molecule has 0 aliphatic rings. The molecule has 0 fully saturated rings. The van der Waals surface area contributed by atoms with E-state index < -0.39 is 45.0 Å². The molecule has 122 valence electrons. The Morgan fingerprint density at radius 1 is 0.696 bits per heavy atom. The Balaban J connectivity index is 0.00000264. The molecule has 2 rings (SSSR count). The molecular weight excluding hydrogens is 367 g/mol. The van der Waals surface area contributed by atoms with Crippen LogP contribution in [0.1, 0.15) is 1.43 Å². The molecule has 0 aliphatic carbocycles. The van der Waals surface area contributed by atoms with Gasteiger partial charge in [0.05, 0.1) is 9.79 Å². The van der Waals surface area contributed by atoms with E-state index in [1.165, 1.54) is 0 Å². The van der Waals surface area contributed by atoms with Crippen LogP contribution >= 0.6 is 0 Å². The van der Waals surface area contributed by atoms with E-state index >= 15 is 0 Å². The molecular formula is C10H9LiO9S3. The minimum atomic E-state index is -4.85. The smallest absolute Gasteiger partial charge is 1.00 e. The monoisotopic (exact) mass is 376 g/mol. The van der Waals surface area contributed by atoms with Crippen LogP contribution in [0.3, 0.4) is 0 Å². The maximum absolute atomic E-state index is 11.3. The number of benzene rings is 2. The summed E-state index contributed by atoms with van der Waals surface area (Å²) in [5, 5.41) is -0.430. The Labute approximate surface area is 145 Å². The van der Waals surface area contributed by atoms with Crippen molar-refractivity contribution in [2.45, 2.75) is 14.7 Å². The topological polar surface area (TPSA) is 163 Å². The number of fused-ring (bicyclic) bond motifs is 1. The predicted molar refractivity (Wildman–Crippen MR) is 74.5 cm³/mol. The molecule has 0 aliphatic heterocycles. The molecule has 0 bridgehead atoms. The summed E-state index contributed by atoms with van der Waals surface area (Å²) in [5.41, 5.74) is 0. The van der Waals surface area contributed by atoms with Crippen LogP contribution in [0.4, 0.5) is 0 Å². The van der Waals surface area contributed by atoms with Gasteiger partial charge in [-0.2, -0.15) is 25.3 Å². The van der Waals surface area contributed by atoms with E-state index in [1.807, 2.05) is 0 Å². The van der Waals surface area contributed by atoms with Crippen LogP contribution in [0.2, 0.25) is 0 Å². The van der Waals surface area contributed by atoms with Gasteiger partial charge in [0.25, 0.3) is 30.4 Å². The SMILES string of the molecule is O=S(=O)(O)c1ccc2c(S(=O)(=O)O)cc(S(=O)(=O)O)cc2c1.[H-].[Li+]. The molecule has 9 nitrogen and oxygen atoms in total. The first kappa shape index (κ1) is 20.1. The number of rotatable bonds is 3. The van der Waals surface area contributed by atoms with E-state index in [-0.39, 0.29) is 31.1 Å². The van der Waals surface area contributed by atoms with Gasteiger partial charge in [0, 0.05) is 5.39 Å². The van der Waals surface area contributed by atoms with Gasteiger partial charge < -0.3 is 1.43 Å². The molecule has 23 heavy (non-hydrogen) atoms. The third kappa shape index (κ3) is 4.31. The first-order valence-electron chi connectivity index (χ1n) is 5.30. The van der Waals surface area contributed by atoms with Gasteiger partial charge in [-0.15, -0.1) is 0 Å². The fraction of sp³-hybridized carbons (Fsp3) is 0. The summed E-state index contributed by atoms with van der Waals surface area (Å²) in [4.78, 5) is -2.31. The number of hydrogen-bond acceptors (Lipinski definition) is 6. The van der Waals surface area contributed by atoms with E-state index in [2.05, 4.69) is 0 Å². The molecule has 0 atom stereocenters. The molecule has 0 saturated carbocycles. The largest absolute Gasteiger partial charge is 1.00 e. The van der Waals surface area contributed by atoms with E-state index in [1.54, 1.807) is 0 Å². The van der Waals surface area contributed by atoms with Crippen molar-refractivity contribution in [2.75, 3.05) is 0 Å². The third-order valence-corrected chi connectivity index (χ3v) is 5.31. The molecule has 0 saturated heterocycles. The first-order chi connectivity index (χ1) is 9.80. The average Bonchev–Trinajstić information content (AvgIpc) is 2.33. The average molecular weight is 376 g/mol. The Kier molecular flexibility index (Phi) is 5.37. The van der Waals surface area contributed by atoms with Crippen molar-refractivity contribution < 1.29 is 59.2 Å². The van der Waals surface area contributed by atoms with Crippen LogP contribution in [-0.4, -0.2) is 38.9 Å². The molecule has 0 aromatic heterocycles.